The molecule has 0 radical (unpaired) electrons. The van der Waals surface area contributed by atoms with Crippen LogP contribution in [0.1, 0.15) is 29.6 Å². The molecule has 0 aliphatic heterocycles. The van der Waals surface area contributed by atoms with E-state index in [0.29, 0.717) is 11.2 Å². The molecule has 0 saturated heterocycles. The lowest BCUT2D eigenvalue weighted by Crippen LogP contribution is -2.38. The average Bonchev–Trinajstić information content (AvgIpc) is 2.81. The molecule has 2 aromatic rings. The van der Waals surface area contributed by atoms with Crippen LogP contribution in [0.25, 0.3) is 11.0 Å². The fraction of sp³-hybridized carbons (Fsp3) is 0.429. The lowest BCUT2D eigenvalue weighted by molar-refractivity contribution is -0.0279. The molecule has 1 aliphatic rings. The van der Waals surface area contributed by atoms with E-state index < -0.39 is 0 Å². The zero-order valence-electron chi connectivity index (χ0n) is 10.6. The van der Waals surface area contributed by atoms with E-state index in [1.54, 1.807) is 18.5 Å². The predicted octanol–water partition coefficient (Wildman–Crippen LogP) is 1.88. The van der Waals surface area contributed by atoms with E-state index in [2.05, 4.69) is 9.97 Å². The smallest absolute Gasteiger partial charge is 0.340 e. The van der Waals surface area contributed by atoms with E-state index in [1.807, 2.05) is 6.07 Å². The van der Waals surface area contributed by atoms with Gasteiger partial charge in [-0.15, -0.1) is 0 Å². The van der Waals surface area contributed by atoms with E-state index in [1.165, 1.54) is 0 Å². The van der Waals surface area contributed by atoms with E-state index in [-0.39, 0.29) is 24.6 Å². The lowest BCUT2D eigenvalue weighted by Gasteiger charge is -2.39. The molecule has 0 unspecified atom stereocenters. The molecule has 1 aliphatic carbocycles. The van der Waals surface area contributed by atoms with Crippen LogP contribution < -0.4 is 0 Å². The maximum Gasteiger partial charge on any atom is 0.340 e. The summed E-state index contributed by atoms with van der Waals surface area (Å²) in [6.45, 7) is 0.366. The van der Waals surface area contributed by atoms with Crippen molar-refractivity contribution in [3.63, 3.8) is 0 Å². The number of aromatic nitrogens is 2. The van der Waals surface area contributed by atoms with Crippen molar-refractivity contribution in [2.45, 2.75) is 19.3 Å². The van der Waals surface area contributed by atoms with Gasteiger partial charge in [-0.25, -0.2) is 9.78 Å². The molecule has 19 heavy (non-hydrogen) atoms. The summed E-state index contributed by atoms with van der Waals surface area (Å²) < 4.78 is 5.35. The Balaban J connectivity index is 1.73. The molecule has 5 heteroatoms. The molecule has 0 amide bonds. The molecule has 0 spiro atoms. The number of nitrogens with one attached hydrogen (secondary N) is 1. The first-order chi connectivity index (χ1) is 9.24. The zero-order chi connectivity index (χ0) is 13.3. The average molecular weight is 260 g/mol. The van der Waals surface area contributed by atoms with E-state index in [9.17, 15) is 9.90 Å². The number of ether oxygens (including phenoxy) is 1. The van der Waals surface area contributed by atoms with E-state index in [0.717, 1.165) is 24.6 Å². The number of aromatic amines is 1. The third-order valence-electron chi connectivity index (χ3n) is 3.93. The van der Waals surface area contributed by atoms with Crippen molar-refractivity contribution in [2.24, 2.45) is 5.41 Å². The topological polar surface area (TPSA) is 75.2 Å². The van der Waals surface area contributed by atoms with Gasteiger partial charge in [0, 0.05) is 23.2 Å². The van der Waals surface area contributed by atoms with Crippen LogP contribution in [0.15, 0.2) is 24.5 Å². The Morgan fingerprint density at radius 2 is 2.37 bits per heavy atom. The SMILES string of the molecule is O=C(OCC1(CO)CCC1)c1c[nH]c2ncccc12. The standard InChI is InChI=1S/C14H16N2O3/c17-8-14(4-2-5-14)9-19-13(18)11-7-16-12-10(11)3-1-6-15-12/h1,3,6-7,17H,2,4-5,8-9H2,(H,15,16). The number of carbonyl (C=O) groups excluding carboxylic acids is 1. The number of pyridine rings is 1. The summed E-state index contributed by atoms with van der Waals surface area (Å²) >= 11 is 0. The van der Waals surface area contributed by atoms with Crippen molar-refractivity contribution < 1.29 is 14.6 Å². The predicted molar refractivity (Wildman–Crippen MR) is 69.7 cm³/mol. The molecule has 3 rings (SSSR count). The quantitative estimate of drug-likeness (QED) is 0.823. The van der Waals surface area contributed by atoms with Crippen molar-refractivity contribution in [1.82, 2.24) is 9.97 Å². The Kier molecular flexibility index (Phi) is 2.98. The summed E-state index contributed by atoms with van der Waals surface area (Å²) in [6, 6.07) is 3.62. The van der Waals surface area contributed by atoms with Crippen LogP contribution in [0.5, 0.6) is 0 Å². The Morgan fingerprint density at radius 3 is 3.05 bits per heavy atom. The van der Waals surface area contributed by atoms with Gasteiger partial charge in [0.2, 0.25) is 0 Å². The fourth-order valence-electron chi connectivity index (χ4n) is 2.45. The maximum absolute atomic E-state index is 12.1. The van der Waals surface area contributed by atoms with Crippen molar-refractivity contribution in [3.05, 3.63) is 30.1 Å². The van der Waals surface area contributed by atoms with Crippen LogP contribution in [-0.4, -0.2) is 34.3 Å². The van der Waals surface area contributed by atoms with Crippen LogP contribution in [0, 0.1) is 5.41 Å². The first kappa shape index (κ1) is 12.2. The highest BCUT2D eigenvalue weighted by atomic mass is 16.5. The monoisotopic (exact) mass is 260 g/mol. The summed E-state index contributed by atoms with van der Waals surface area (Å²) in [5.74, 6) is -0.362. The minimum atomic E-state index is -0.362. The third-order valence-corrected chi connectivity index (χ3v) is 3.93. The van der Waals surface area contributed by atoms with Crippen molar-refractivity contribution >= 4 is 17.0 Å². The third kappa shape index (κ3) is 2.10. The number of hydrogen-bond donors (Lipinski definition) is 2. The van der Waals surface area contributed by atoms with Crippen molar-refractivity contribution in [1.29, 1.82) is 0 Å². The minimum Gasteiger partial charge on any atom is -0.461 e. The maximum atomic E-state index is 12.1. The van der Waals surface area contributed by atoms with Crippen LogP contribution in [0.2, 0.25) is 0 Å². The zero-order valence-corrected chi connectivity index (χ0v) is 10.6. The molecule has 0 bridgehead atoms. The summed E-state index contributed by atoms with van der Waals surface area (Å²) in [7, 11) is 0. The second-order valence-electron chi connectivity index (χ2n) is 5.19. The Hall–Kier alpha value is -1.88. The fourth-order valence-corrected chi connectivity index (χ4v) is 2.45. The van der Waals surface area contributed by atoms with Gasteiger partial charge >= 0.3 is 5.97 Å². The molecule has 0 aromatic carbocycles. The molecule has 2 N–H and O–H groups in total. The first-order valence-electron chi connectivity index (χ1n) is 6.44. The summed E-state index contributed by atoms with van der Waals surface area (Å²) in [6.07, 6.45) is 6.23. The highest BCUT2D eigenvalue weighted by molar-refractivity contribution is 6.02. The molecule has 2 aromatic heterocycles. The lowest BCUT2D eigenvalue weighted by atomic mass is 9.70. The Morgan fingerprint density at radius 1 is 1.53 bits per heavy atom. The molecule has 1 fully saturated rings. The molecule has 100 valence electrons. The molecule has 1 saturated carbocycles. The van der Waals surface area contributed by atoms with Crippen LogP contribution in [0.4, 0.5) is 0 Å². The van der Waals surface area contributed by atoms with Gasteiger partial charge in [-0.2, -0.15) is 0 Å². The van der Waals surface area contributed by atoms with Crippen LogP contribution >= 0.6 is 0 Å². The summed E-state index contributed by atoms with van der Waals surface area (Å²) in [4.78, 5) is 19.2. The number of H-pyrrole nitrogens is 1. The van der Waals surface area contributed by atoms with Crippen LogP contribution in [-0.2, 0) is 4.74 Å². The second-order valence-corrected chi connectivity index (χ2v) is 5.19. The summed E-state index contributed by atoms with van der Waals surface area (Å²) in [5.41, 5.74) is 0.963. The van der Waals surface area contributed by atoms with Crippen molar-refractivity contribution in [3.8, 4) is 0 Å². The van der Waals surface area contributed by atoms with Gasteiger partial charge in [-0.3, -0.25) is 0 Å². The molecule has 0 atom stereocenters. The highest BCUT2D eigenvalue weighted by Crippen LogP contribution is 2.40. The Bertz CT molecular complexity index is 596. The molecular formula is C14H16N2O3. The number of aliphatic hydroxyl groups excluding tert-OH is 1. The largest absolute Gasteiger partial charge is 0.461 e. The van der Waals surface area contributed by atoms with E-state index in [4.69, 9.17) is 4.74 Å². The number of rotatable bonds is 4. The first-order valence-corrected chi connectivity index (χ1v) is 6.44. The summed E-state index contributed by atoms with van der Waals surface area (Å²) in [5, 5.41) is 10.1. The van der Waals surface area contributed by atoms with Gasteiger partial charge < -0.3 is 14.8 Å². The van der Waals surface area contributed by atoms with Gasteiger partial charge in [0.05, 0.1) is 18.8 Å². The van der Waals surface area contributed by atoms with Gasteiger partial charge in [0.15, 0.2) is 0 Å². The molecule has 5 nitrogen and oxygen atoms in total. The number of esters is 1. The number of fused-ring (bicyclic) bond motifs is 1. The van der Waals surface area contributed by atoms with Gasteiger partial charge in [-0.05, 0) is 25.0 Å². The molecule has 2 heterocycles. The van der Waals surface area contributed by atoms with Gasteiger partial charge in [0.25, 0.3) is 0 Å². The van der Waals surface area contributed by atoms with Gasteiger partial charge in [-0.1, -0.05) is 6.42 Å². The number of nitrogens with zero attached hydrogens (tertiary/aromatic N) is 1. The highest BCUT2D eigenvalue weighted by Gasteiger charge is 2.37. The Labute approximate surface area is 110 Å². The number of aliphatic hydroxyl groups is 1. The number of hydrogen-bond acceptors (Lipinski definition) is 4. The van der Waals surface area contributed by atoms with Gasteiger partial charge in [0.1, 0.15) is 5.65 Å². The van der Waals surface area contributed by atoms with E-state index >= 15 is 0 Å². The van der Waals surface area contributed by atoms with Crippen LogP contribution in [0.3, 0.4) is 0 Å². The second kappa shape index (κ2) is 4.66. The molecular weight excluding hydrogens is 244 g/mol. The normalized spacial score (nSPS) is 17.1. The minimum absolute atomic E-state index is 0.0791. The van der Waals surface area contributed by atoms with Crippen molar-refractivity contribution in [2.75, 3.05) is 13.2 Å². The number of carbonyl (C=O) groups is 1.